The minimum absolute atomic E-state index is 0.471. The zero-order valence-electron chi connectivity index (χ0n) is 7.23. The maximum absolute atomic E-state index is 8.28. The molecule has 0 fully saturated rings. The first-order valence-electron chi connectivity index (χ1n) is 3.87. The van der Waals surface area contributed by atoms with E-state index in [1.165, 1.54) is 11.8 Å². The van der Waals surface area contributed by atoms with E-state index in [2.05, 4.69) is 24.0 Å². The maximum Gasteiger partial charge on any atom is 0.0918 e. The van der Waals surface area contributed by atoms with Crippen LogP contribution in [0.1, 0.15) is 31.0 Å². The van der Waals surface area contributed by atoms with Gasteiger partial charge < -0.3 is 5.21 Å². The third-order valence-electron chi connectivity index (χ3n) is 1.66. The van der Waals surface area contributed by atoms with Crippen molar-refractivity contribution in [2.45, 2.75) is 19.8 Å². The Morgan fingerprint density at radius 2 is 2.33 bits per heavy atom. The Balaban J connectivity index is 2.95. The van der Waals surface area contributed by atoms with E-state index in [0.717, 1.165) is 0 Å². The molecular formula is C9H12N2O. The van der Waals surface area contributed by atoms with Gasteiger partial charge in [0.2, 0.25) is 0 Å². The minimum atomic E-state index is 0.471. The number of rotatable bonds is 2. The molecule has 0 atom stereocenters. The van der Waals surface area contributed by atoms with Crippen LogP contribution in [0.25, 0.3) is 0 Å². The van der Waals surface area contributed by atoms with Gasteiger partial charge in [-0.15, -0.1) is 0 Å². The highest BCUT2D eigenvalue weighted by Crippen LogP contribution is 2.12. The monoisotopic (exact) mass is 164 g/mol. The van der Waals surface area contributed by atoms with Crippen LogP contribution in [-0.2, 0) is 0 Å². The number of pyridine rings is 1. The largest absolute Gasteiger partial charge is 0.411 e. The molecule has 1 heterocycles. The van der Waals surface area contributed by atoms with Gasteiger partial charge >= 0.3 is 0 Å². The molecule has 1 rings (SSSR count). The van der Waals surface area contributed by atoms with E-state index < -0.39 is 0 Å². The molecule has 0 aliphatic heterocycles. The zero-order chi connectivity index (χ0) is 8.97. The van der Waals surface area contributed by atoms with Crippen molar-refractivity contribution in [3.63, 3.8) is 0 Å². The van der Waals surface area contributed by atoms with Gasteiger partial charge in [-0.05, 0) is 23.6 Å². The summed E-state index contributed by atoms with van der Waals surface area (Å²) in [5.74, 6) is 0.471. The van der Waals surface area contributed by atoms with Crippen molar-refractivity contribution in [2.75, 3.05) is 0 Å². The molecule has 12 heavy (non-hydrogen) atoms. The summed E-state index contributed by atoms with van der Waals surface area (Å²) in [6.07, 6.45) is 3.04. The Kier molecular flexibility index (Phi) is 2.80. The number of nitrogens with zero attached hydrogens (tertiary/aromatic N) is 2. The SMILES string of the molecule is CC(C)c1ccnc(C=NO)c1. The molecule has 0 bridgehead atoms. The van der Waals surface area contributed by atoms with Crippen LogP contribution in [0.15, 0.2) is 23.5 Å². The fourth-order valence-electron chi connectivity index (χ4n) is 0.954. The second-order valence-corrected chi connectivity index (χ2v) is 2.91. The standard InChI is InChI=1S/C9H12N2O/c1-7(2)8-3-4-10-9(5-8)6-11-12/h3-7,12H,1-2H3. The lowest BCUT2D eigenvalue weighted by molar-refractivity contribution is 0.321. The van der Waals surface area contributed by atoms with Crippen molar-refractivity contribution in [3.05, 3.63) is 29.6 Å². The summed E-state index contributed by atoms with van der Waals surface area (Å²) >= 11 is 0. The summed E-state index contributed by atoms with van der Waals surface area (Å²) in [7, 11) is 0. The van der Waals surface area contributed by atoms with E-state index >= 15 is 0 Å². The van der Waals surface area contributed by atoms with E-state index in [0.29, 0.717) is 11.6 Å². The second kappa shape index (κ2) is 3.85. The highest BCUT2D eigenvalue weighted by atomic mass is 16.4. The first kappa shape index (κ1) is 8.71. The minimum Gasteiger partial charge on any atom is -0.411 e. The Morgan fingerprint density at radius 1 is 1.58 bits per heavy atom. The molecule has 0 amide bonds. The van der Waals surface area contributed by atoms with Crippen molar-refractivity contribution in [2.24, 2.45) is 5.16 Å². The van der Waals surface area contributed by atoms with Gasteiger partial charge in [0, 0.05) is 6.20 Å². The normalized spacial score (nSPS) is 11.2. The van der Waals surface area contributed by atoms with Gasteiger partial charge in [0.1, 0.15) is 0 Å². The summed E-state index contributed by atoms with van der Waals surface area (Å²) in [6, 6.07) is 3.86. The highest BCUT2D eigenvalue weighted by molar-refractivity contribution is 5.76. The van der Waals surface area contributed by atoms with Crippen LogP contribution in [0.2, 0.25) is 0 Å². The van der Waals surface area contributed by atoms with Crippen LogP contribution in [-0.4, -0.2) is 16.4 Å². The third kappa shape index (κ3) is 2.05. The molecule has 0 radical (unpaired) electrons. The van der Waals surface area contributed by atoms with Gasteiger partial charge in [-0.25, -0.2) is 0 Å². The fraction of sp³-hybridized carbons (Fsp3) is 0.333. The van der Waals surface area contributed by atoms with Crippen molar-refractivity contribution in [1.29, 1.82) is 0 Å². The summed E-state index contributed by atoms with van der Waals surface area (Å²) in [5, 5.41) is 11.2. The van der Waals surface area contributed by atoms with Crippen LogP contribution in [0.4, 0.5) is 0 Å². The van der Waals surface area contributed by atoms with Gasteiger partial charge in [-0.3, -0.25) is 4.98 Å². The highest BCUT2D eigenvalue weighted by Gasteiger charge is 1.98. The maximum atomic E-state index is 8.28. The van der Waals surface area contributed by atoms with Gasteiger partial charge in [-0.1, -0.05) is 19.0 Å². The molecule has 0 aromatic carbocycles. The second-order valence-electron chi connectivity index (χ2n) is 2.91. The van der Waals surface area contributed by atoms with Crippen molar-refractivity contribution < 1.29 is 5.21 Å². The lowest BCUT2D eigenvalue weighted by atomic mass is 10.0. The van der Waals surface area contributed by atoms with Crippen molar-refractivity contribution >= 4 is 6.21 Å². The average molecular weight is 164 g/mol. The number of hydrogen-bond acceptors (Lipinski definition) is 3. The Hall–Kier alpha value is -1.38. The van der Waals surface area contributed by atoms with Crippen molar-refractivity contribution in [1.82, 2.24) is 4.98 Å². The van der Waals surface area contributed by atoms with Crippen LogP contribution in [0, 0.1) is 0 Å². The number of oxime groups is 1. The Bertz CT molecular complexity index is 282. The average Bonchev–Trinajstić information content (AvgIpc) is 2.05. The molecule has 3 nitrogen and oxygen atoms in total. The lowest BCUT2D eigenvalue weighted by Crippen LogP contribution is -1.92. The van der Waals surface area contributed by atoms with Gasteiger partial charge in [0.15, 0.2) is 0 Å². The van der Waals surface area contributed by atoms with Crippen LogP contribution in [0.3, 0.4) is 0 Å². The van der Waals surface area contributed by atoms with Crippen LogP contribution in [0.5, 0.6) is 0 Å². The Labute approximate surface area is 71.8 Å². The molecule has 0 unspecified atom stereocenters. The molecule has 64 valence electrons. The van der Waals surface area contributed by atoms with E-state index in [4.69, 9.17) is 5.21 Å². The quantitative estimate of drug-likeness (QED) is 0.413. The molecule has 0 spiro atoms. The first-order chi connectivity index (χ1) is 5.74. The predicted molar refractivity (Wildman–Crippen MR) is 47.7 cm³/mol. The van der Waals surface area contributed by atoms with Crippen molar-refractivity contribution in [3.8, 4) is 0 Å². The lowest BCUT2D eigenvalue weighted by Gasteiger charge is -2.03. The first-order valence-corrected chi connectivity index (χ1v) is 3.87. The van der Waals surface area contributed by atoms with E-state index in [9.17, 15) is 0 Å². The number of aromatic nitrogens is 1. The molecule has 0 saturated heterocycles. The molecule has 0 aliphatic carbocycles. The van der Waals surface area contributed by atoms with E-state index in [-0.39, 0.29) is 0 Å². The summed E-state index contributed by atoms with van der Waals surface area (Å²) in [5.41, 5.74) is 1.88. The molecule has 1 aromatic heterocycles. The Morgan fingerprint density at radius 3 is 2.92 bits per heavy atom. The summed E-state index contributed by atoms with van der Waals surface area (Å²) < 4.78 is 0. The molecule has 1 N–H and O–H groups in total. The molecule has 0 saturated carbocycles. The van der Waals surface area contributed by atoms with Gasteiger partial charge in [0.05, 0.1) is 11.9 Å². The zero-order valence-corrected chi connectivity index (χ0v) is 7.23. The predicted octanol–water partition coefficient (Wildman–Crippen LogP) is 2.01. The summed E-state index contributed by atoms with van der Waals surface area (Å²) in [4.78, 5) is 4.00. The third-order valence-corrected chi connectivity index (χ3v) is 1.66. The van der Waals surface area contributed by atoms with E-state index in [1.54, 1.807) is 6.20 Å². The molecule has 1 aromatic rings. The summed E-state index contributed by atoms with van der Waals surface area (Å²) in [6.45, 7) is 4.21. The fourth-order valence-corrected chi connectivity index (χ4v) is 0.954. The molecule has 3 heteroatoms. The smallest absolute Gasteiger partial charge is 0.0918 e. The topological polar surface area (TPSA) is 45.5 Å². The number of hydrogen-bond donors (Lipinski definition) is 1. The van der Waals surface area contributed by atoms with Gasteiger partial charge in [0.25, 0.3) is 0 Å². The molecular weight excluding hydrogens is 152 g/mol. The van der Waals surface area contributed by atoms with Crippen LogP contribution < -0.4 is 0 Å². The van der Waals surface area contributed by atoms with Gasteiger partial charge in [-0.2, -0.15) is 0 Å². The van der Waals surface area contributed by atoms with E-state index in [1.807, 2.05) is 12.1 Å². The van der Waals surface area contributed by atoms with Crippen LogP contribution >= 0.6 is 0 Å². The molecule has 0 aliphatic rings.